The van der Waals surface area contributed by atoms with Crippen LogP contribution in [-0.4, -0.2) is 21.2 Å². The number of H-pyrrole nitrogens is 1. The van der Waals surface area contributed by atoms with Crippen molar-refractivity contribution in [2.24, 2.45) is 0 Å². The Labute approximate surface area is 105 Å². The van der Waals surface area contributed by atoms with Gasteiger partial charge in [-0.15, -0.1) is 0 Å². The van der Waals surface area contributed by atoms with E-state index in [0.717, 1.165) is 5.56 Å². The maximum atomic E-state index is 11.6. The predicted molar refractivity (Wildman–Crippen MR) is 66.6 cm³/mol. The fourth-order valence-electron chi connectivity index (χ4n) is 1.52. The quantitative estimate of drug-likeness (QED) is 0.760. The number of urea groups is 1. The minimum absolute atomic E-state index is 0.205. The van der Waals surface area contributed by atoms with Gasteiger partial charge in [0.1, 0.15) is 12.2 Å². The van der Waals surface area contributed by atoms with Gasteiger partial charge in [-0.2, -0.15) is 5.10 Å². The Morgan fingerprint density at radius 2 is 2.17 bits per heavy atom. The van der Waals surface area contributed by atoms with E-state index in [2.05, 4.69) is 25.8 Å². The summed E-state index contributed by atoms with van der Waals surface area (Å²) in [7, 11) is 0. The maximum Gasteiger partial charge on any atom is 0.315 e. The number of rotatable bonds is 4. The average Bonchev–Trinajstić information content (AvgIpc) is 2.91. The highest BCUT2D eigenvalue weighted by Gasteiger charge is 2.10. The molecule has 6 heteroatoms. The molecule has 0 saturated carbocycles. The molecule has 0 aliphatic heterocycles. The molecule has 2 rings (SSSR count). The van der Waals surface area contributed by atoms with Crippen LogP contribution >= 0.6 is 0 Å². The van der Waals surface area contributed by atoms with E-state index in [1.54, 1.807) is 0 Å². The third kappa shape index (κ3) is 3.31. The lowest BCUT2D eigenvalue weighted by Crippen LogP contribution is -2.36. The lowest BCUT2D eigenvalue weighted by Gasteiger charge is -2.12. The first-order chi connectivity index (χ1) is 8.75. The highest BCUT2D eigenvalue weighted by Crippen LogP contribution is 2.03. The van der Waals surface area contributed by atoms with Gasteiger partial charge in [0.25, 0.3) is 0 Å². The monoisotopic (exact) mass is 245 g/mol. The highest BCUT2D eigenvalue weighted by molar-refractivity contribution is 5.74. The summed E-state index contributed by atoms with van der Waals surface area (Å²) < 4.78 is 0. The zero-order chi connectivity index (χ0) is 12.8. The Balaban J connectivity index is 1.79. The second kappa shape index (κ2) is 5.81. The molecule has 1 aromatic carbocycles. The van der Waals surface area contributed by atoms with Crippen LogP contribution in [0.5, 0.6) is 0 Å². The third-order valence-corrected chi connectivity index (χ3v) is 2.49. The Kier molecular flexibility index (Phi) is 3.90. The van der Waals surface area contributed by atoms with Gasteiger partial charge in [0.15, 0.2) is 0 Å². The van der Waals surface area contributed by atoms with Gasteiger partial charge in [0.2, 0.25) is 0 Å². The lowest BCUT2D eigenvalue weighted by atomic mass is 10.2. The van der Waals surface area contributed by atoms with Gasteiger partial charge in [-0.05, 0) is 12.5 Å². The summed E-state index contributed by atoms with van der Waals surface area (Å²) in [6.07, 6.45) is 1.41. The normalized spacial score (nSPS) is 11.8. The molecule has 1 unspecified atom stereocenters. The largest absolute Gasteiger partial charge is 0.334 e. The van der Waals surface area contributed by atoms with Crippen LogP contribution in [-0.2, 0) is 6.54 Å². The van der Waals surface area contributed by atoms with E-state index >= 15 is 0 Å². The van der Waals surface area contributed by atoms with Crippen LogP contribution in [0.15, 0.2) is 36.7 Å². The van der Waals surface area contributed by atoms with E-state index in [9.17, 15) is 4.79 Å². The van der Waals surface area contributed by atoms with Crippen LogP contribution in [0.25, 0.3) is 0 Å². The number of carbonyl (C=O) groups is 1. The van der Waals surface area contributed by atoms with Crippen LogP contribution in [0.1, 0.15) is 24.4 Å². The first-order valence-electron chi connectivity index (χ1n) is 5.69. The van der Waals surface area contributed by atoms with Gasteiger partial charge in [-0.1, -0.05) is 30.3 Å². The SMILES string of the molecule is CC(NC(=O)NCc1ccccc1)c1ncn[nH]1. The van der Waals surface area contributed by atoms with Crippen molar-refractivity contribution in [1.82, 2.24) is 25.8 Å². The van der Waals surface area contributed by atoms with E-state index < -0.39 is 0 Å². The Morgan fingerprint density at radius 1 is 1.39 bits per heavy atom. The molecular formula is C12H15N5O. The van der Waals surface area contributed by atoms with Crippen molar-refractivity contribution < 1.29 is 4.79 Å². The highest BCUT2D eigenvalue weighted by atomic mass is 16.2. The molecule has 0 saturated heterocycles. The summed E-state index contributed by atoms with van der Waals surface area (Å²) in [6, 6.07) is 9.29. The molecule has 2 amide bonds. The second-order valence-electron chi connectivity index (χ2n) is 3.91. The van der Waals surface area contributed by atoms with Gasteiger partial charge < -0.3 is 10.6 Å². The number of aromatic amines is 1. The van der Waals surface area contributed by atoms with E-state index in [4.69, 9.17) is 0 Å². The van der Waals surface area contributed by atoms with Crippen LogP contribution in [0.3, 0.4) is 0 Å². The molecule has 94 valence electrons. The topological polar surface area (TPSA) is 82.7 Å². The van der Waals surface area contributed by atoms with E-state index in [1.165, 1.54) is 6.33 Å². The molecule has 1 aromatic heterocycles. The lowest BCUT2D eigenvalue weighted by molar-refractivity contribution is 0.237. The van der Waals surface area contributed by atoms with Gasteiger partial charge >= 0.3 is 6.03 Å². The third-order valence-electron chi connectivity index (χ3n) is 2.49. The average molecular weight is 245 g/mol. The first-order valence-corrected chi connectivity index (χ1v) is 5.69. The number of benzene rings is 1. The molecule has 0 spiro atoms. The van der Waals surface area contributed by atoms with Crippen molar-refractivity contribution in [3.05, 3.63) is 48.0 Å². The van der Waals surface area contributed by atoms with Crippen molar-refractivity contribution in [3.8, 4) is 0 Å². The molecule has 6 nitrogen and oxygen atoms in total. The molecule has 0 fully saturated rings. The molecule has 0 radical (unpaired) electrons. The van der Waals surface area contributed by atoms with Crippen molar-refractivity contribution in [3.63, 3.8) is 0 Å². The fourth-order valence-corrected chi connectivity index (χ4v) is 1.52. The molecule has 3 N–H and O–H groups in total. The second-order valence-corrected chi connectivity index (χ2v) is 3.91. The minimum Gasteiger partial charge on any atom is -0.334 e. The molecule has 18 heavy (non-hydrogen) atoms. The summed E-state index contributed by atoms with van der Waals surface area (Å²) in [4.78, 5) is 15.6. The summed E-state index contributed by atoms with van der Waals surface area (Å²) in [5, 5.41) is 12.0. The molecule has 0 aliphatic rings. The van der Waals surface area contributed by atoms with Crippen LogP contribution < -0.4 is 10.6 Å². The van der Waals surface area contributed by atoms with E-state index in [0.29, 0.717) is 12.4 Å². The number of nitrogens with one attached hydrogen (secondary N) is 3. The van der Waals surface area contributed by atoms with Crippen LogP contribution in [0.4, 0.5) is 4.79 Å². The smallest absolute Gasteiger partial charge is 0.315 e. The van der Waals surface area contributed by atoms with Crippen molar-refractivity contribution in [2.75, 3.05) is 0 Å². The number of amides is 2. The van der Waals surface area contributed by atoms with Crippen molar-refractivity contribution in [2.45, 2.75) is 19.5 Å². The zero-order valence-corrected chi connectivity index (χ0v) is 10.1. The van der Waals surface area contributed by atoms with Gasteiger partial charge in [0.05, 0.1) is 6.04 Å². The Bertz CT molecular complexity index is 482. The molecule has 0 aliphatic carbocycles. The summed E-state index contributed by atoms with van der Waals surface area (Å²) in [6.45, 7) is 2.33. The summed E-state index contributed by atoms with van der Waals surface area (Å²) in [5.41, 5.74) is 1.06. The standard InChI is InChI=1S/C12H15N5O/c1-9(11-14-8-15-17-11)16-12(18)13-7-10-5-3-2-4-6-10/h2-6,8-9H,7H2,1H3,(H2,13,16,18)(H,14,15,17). The number of hydrogen-bond donors (Lipinski definition) is 3. The minimum atomic E-state index is -0.234. The van der Waals surface area contributed by atoms with Gasteiger partial charge in [-0.25, -0.2) is 9.78 Å². The van der Waals surface area contributed by atoms with Crippen LogP contribution in [0, 0.1) is 0 Å². The number of aromatic nitrogens is 3. The zero-order valence-electron chi connectivity index (χ0n) is 10.1. The maximum absolute atomic E-state index is 11.6. The molecule has 1 atom stereocenters. The fraction of sp³-hybridized carbons (Fsp3) is 0.250. The van der Waals surface area contributed by atoms with Crippen molar-refractivity contribution >= 4 is 6.03 Å². The summed E-state index contributed by atoms with van der Waals surface area (Å²) >= 11 is 0. The van der Waals surface area contributed by atoms with E-state index in [-0.39, 0.29) is 12.1 Å². The van der Waals surface area contributed by atoms with E-state index in [1.807, 2.05) is 37.3 Å². The van der Waals surface area contributed by atoms with Crippen LogP contribution in [0.2, 0.25) is 0 Å². The predicted octanol–water partition coefficient (Wildman–Crippen LogP) is 1.37. The van der Waals surface area contributed by atoms with Crippen molar-refractivity contribution in [1.29, 1.82) is 0 Å². The Morgan fingerprint density at radius 3 is 2.83 bits per heavy atom. The number of carbonyl (C=O) groups excluding carboxylic acids is 1. The molecular weight excluding hydrogens is 230 g/mol. The van der Waals surface area contributed by atoms with Gasteiger partial charge in [0, 0.05) is 6.54 Å². The number of hydrogen-bond acceptors (Lipinski definition) is 3. The molecule has 2 aromatic rings. The Hall–Kier alpha value is -2.37. The summed E-state index contributed by atoms with van der Waals surface area (Å²) in [5.74, 6) is 0.630. The molecule has 1 heterocycles. The van der Waals surface area contributed by atoms with Gasteiger partial charge in [-0.3, -0.25) is 5.10 Å². The molecule has 0 bridgehead atoms. The first kappa shape index (κ1) is 12.1. The number of nitrogens with zero attached hydrogens (tertiary/aromatic N) is 2.